The fourth-order valence-corrected chi connectivity index (χ4v) is 1.19. The second kappa shape index (κ2) is 1.95. The second-order valence-electron chi connectivity index (χ2n) is 2.48. The maximum absolute atomic E-state index is 3.93. The van der Waals surface area contributed by atoms with Crippen molar-refractivity contribution in [3.63, 3.8) is 0 Å². The molecule has 1 aliphatic rings. The molecule has 52 valence electrons. The van der Waals surface area contributed by atoms with Crippen molar-refractivity contribution >= 4 is 5.57 Å². The van der Waals surface area contributed by atoms with E-state index in [0.29, 0.717) is 0 Å². The predicted octanol–water partition coefficient (Wildman–Crippen LogP) is 0.526. The average Bonchev–Trinajstić information content (AvgIpc) is 2.36. The Bertz CT molecular complexity index is 262. The number of H-pyrrole nitrogens is 1. The largest absolute Gasteiger partial charge is 0.308 e. The summed E-state index contributed by atoms with van der Waals surface area (Å²) in [5.74, 6) is 0. The zero-order valence-corrected chi connectivity index (χ0v) is 5.65. The Morgan fingerprint density at radius 2 is 2.40 bits per heavy atom. The van der Waals surface area contributed by atoms with Gasteiger partial charge in [0, 0.05) is 18.7 Å². The molecule has 3 heteroatoms. The first-order valence-electron chi connectivity index (χ1n) is 3.29. The third kappa shape index (κ3) is 0.675. The van der Waals surface area contributed by atoms with Crippen LogP contribution >= 0.6 is 0 Å². The molecule has 1 aliphatic heterocycles. The number of hydrogen-bond acceptors (Lipinski definition) is 2. The summed E-state index contributed by atoms with van der Waals surface area (Å²) in [5.41, 5.74) is 3.42. The van der Waals surface area contributed by atoms with E-state index in [4.69, 9.17) is 0 Å². The van der Waals surface area contributed by atoms with Crippen LogP contribution in [0.1, 0.15) is 11.3 Å². The summed E-state index contributed by atoms with van der Waals surface area (Å²) >= 11 is 0. The van der Waals surface area contributed by atoms with Gasteiger partial charge in [0.05, 0.1) is 11.9 Å². The lowest BCUT2D eigenvalue weighted by Crippen LogP contribution is -2.21. The minimum atomic E-state index is 0.870. The number of fused-ring (bicyclic) bond motifs is 1. The lowest BCUT2D eigenvalue weighted by Gasteiger charge is -2.13. The van der Waals surface area contributed by atoms with Gasteiger partial charge < -0.3 is 5.32 Å². The van der Waals surface area contributed by atoms with E-state index in [1.54, 1.807) is 0 Å². The molecule has 0 saturated heterocycles. The van der Waals surface area contributed by atoms with Crippen LogP contribution in [-0.2, 0) is 6.54 Å². The molecule has 2 N–H and O–H groups in total. The van der Waals surface area contributed by atoms with Gasteiger partial charge in [-0.25, -0.2) is 0 Å². The molecule has 2 heterocycles. The topological polar surface area (TPSA) is 40.7 Å². The maximum atomic E-state index is 3.93. The quantitative estimate of drug-likeness (QED) is 0.544. The molecule has 3 nitrogen and oxygen atoms in total. The number of nitrogens with zero attached hydrogens (tertiary/aromatic N) is 1. The number of aromatic amines is 1. The summed E-state index contributed by atoms with van der Waals surface area (Å²) in [6.45, 7) is 5.67. The van der Waals surface area contributed by atoms with E-state index in [0.717, 1.165) is 24.4 Å². The highest BCUT2D eigenvalue weighted by Crippen LogP contribution is 2.17. The zero-order chi connectivity index (χ0) is 6.97. The molecule has 0 saturated carbocycles. The van der Waals surface area contributed by atoms with Crippen LogP contribution in [0.2, 0.25) is 0 Å². The van der Waals surface area contributed by atoms with Gasteiger partial charge in [-0.05, 0) is 5.57 Å². The average molecular weight is 135 g/mol. The van der Waals surface area contributed by atoms with Gasteiger partial charge in [-0.15, -0.1) is 0 Å². The van der Waals surface area contributed by atoms with Crippen LogP contribution in [-0.4, -0.2) is 16.7 Å². The Morgan fingerprint density at radius 3 is 3.20 bits per heavy atom. The summed E-state index contributed by atoms with van der Waals surface area (Å²) in [7, 11) is 0. The summed E-state index contributed by atoms with van der Waals surface area (Å²) in [5, 5.41) is 10.1. The van der Waals surface area contributed by atoms with Crippen LogP contribution < -0.4 is 5.32 Å². The molecule has 0 aliphatic carbocycles. The second-order valence-corrected chi connectivity index (χ2v) is 2.48. The summed E-state index contributed by atoms with van der Waals surface area (Å²) in [4.78, 5) is 0. The number of nitrogens with one attached hydrogen (secondary N) is 2. The minimum Gasteiger partial charge on any atom is -0.308 e. The highest BCUT2D eigenvalue weighted by molar-refractivity contribution is 5.65. The zero-order valence-electron chi connectivity index (χ0n) is 5.65. The molecule has 0 amide bonds. The lowest BCUT2D eigenvalue weighted by molar-refractivity contribution is 0.743. The third-order valence-corrected chi connectivity index (χ3v) is 1.73. The highest BCUT2D eigenvalue weighted by atomic mass is 15.1. The van der Waals surface area contributed by atoms with Gasteiger partial charge in [0.15, 0.2) is 0 Å². The normalized spacial score (nSPS) is 17.0. The van der Waals surface area contributed by atoms with E-state index < -0.39 is 0 Å². The fraction of sp³-hybridized carbons (Fsp3) is 0.286. The van der Waals surface area contributed by atoms with Crippen molar-refractivity contribution in [1.29, 1.82) is 0 Å². The van der Waals surface area contributed by atoms with Crippen molar-refractivity contribution in [3.8, 4) is 0 Å². The van der Waals surface area contributed by atoms with Crippen molar-refractivity contribution in [1.82, 2.24) is 15.5 Å². The molecule has 0 bridgehead atoms. The SMILES string of the molecule is C=C1CNCc2cn[nH]c21. The standard InChI is InChI=1S/C7H9N3/c1-5-2-8-3-6-4-9-10-7(5)6/h4,8H,1-3H2,(H,9,10). The molecular formula is C7H9N3. The van der Waals surface area contributed by atoms with Crippen molar-refractivity contribution in [2.24, 2.45) is 0 Å². The molecule has 2 rings (SSSR count). The first-order valence-corrected chi connectivity index (χ1v) is 3.29. The van der Waals surface area contributed by atoms with Crippen LogP contribution in [0, 0.1) is 0 Å². The van der Waals surface area contributed by atoms with Gasteiger partial charge in [0.1, 0.15) is 0 Å². The van der Waals surface area contributed by atoms with Crippen LogP contribution in [0.3, 0.4) is 0 Å². The minimum absolute atomic E-state index is 0.870. The van der Waals surface area contributed by atoms with E-state index in [1.165, 1.54) is 5.56 Å². The van der Waals surface area contributed by atoms with Gasteiger partial charge in [-0.3, -0.25) is 5.10 Å². The highest BCUT2D eigenvalue weighted by Gasteiger charge is 2.12. The first-order chi connectivity index (χ1) is 4.88. The molecular weight excluding hydrogens is 126 g/mol. The molecule has 0 atom stereocenters. The molecule has 1 aromatic heterocycles. The van der Waals surface area contributed by atoms with Gasteiger partial charge in [0.2, 0.25) is 0 Å². The van der Waals surface area contributed by atoms with E-state index >= 15 is 0 Å². The van der Waals surface area contributed by atoms with Crippen LogP contribution in [0.5, 0.6) is 0 Å². The molecule has 0 unspecified atom stereocenters. The fourth-order valence-electron chi connectivity index (χ4n) is 1.19. The van der Waals surface area contributed by atoms with Crippen LogP contribution in [0.25, 0.3) is 5.57 Å². The van der Waals surface area contributed by atoms with Gasteiger partial charge in [-0.1, -0.05) is 6.58 Å². The number of rotatable bonds is 0. The number of hydrogen-bond donors (Lipinski definition) is 2. The summed E-state index contributed by atoms with van der Waals surface area (Å²) < 4.78 is 0. The molecule has 1 aromatic rings. The third-order valence-electron chi connectivity index (χ3n) is 1.73. The van der Waals surface area contributed by atoms with Crippen LogP contribution in [0.15, 0.2) is 12.8 Å². The summed E-state index contributed by atoms with van der Waals surface area (Å²) in [6, 6.07) is 0. The van der Waals surface area contributed by atoms with Gasteiger partial charge >= 0.3 is 0 Å². The van der Waals surface area contributed by atoms with E-state index in [9.17, 15) is 0 Å². The van der Waals surface area contributed by atoms with Gasteiger partial charge in [0.25, 0.3) is 0 Å². The monoisotopic (exact) mass is 135 g/mol. The molecule has 0 fully saturated rings. The van der Waals surface area contributed by atoms with Gasteiger partial charge in [-0.2, -0.15) is 5.10 Å². The van der Waals surface area contributed by atoms with E-state index in [2.05, 4.69) is 22.1 Å². The molecule has 0 radical (unpaired) electrons. The number of aromatic nitrogens is 2. The van der Waals surface area contributed by atoms with Crippen molar-refractivity contribution in [2.75, 3.05) is 6.54 Å². The Morgan fingerprint density at radius 1 is 1.50 bits per heavy atom. The van der Waals surface area contributed by atoms with Crippen molar-refractivity contribution < 1.29 is 0 Å². The molecule has 10 heavy (non-hydrogen) atoms. The molecule has 0 spiro atoms. The maximum Gasteiger partial charge on any atom is 0.0661 e. The predicted molar refractivity (Wildman–Crippen MR) is 39.3 cm³/mol. The van der Waals surface area contributed by atoms with E-state index in [-0.39, 0.29) is 0 Å². The Hall–Kier alpha value is -1.09. The Labute approximate surface area is 59.1 Å². The first kappa shape index (κ1) is 5.68. The smallest absolute Gasteiger partial charge is 0.0661 e. The Balaban J connectivity index is 2.50. The van der Waals surface area contributed by atoms with Crippen LogP contribution in [0.4, 0.5) is 0 Å². The lowest BCUT2D eigenvalue weighted by atomic mass is 10.1. The van der Waals surface area contributed by atoms with E-state index in [1.807, 2.05) is 6.20 Å². The van der Waals surface area contributed by atoms with Crippen molar-refractivity contribution in [2.45, 2.75) is 6.54 Å². The Kier molecular flexibility index (Phi) is 1.11. The van der Waals surface area contributed by atoms with Crippen molar-refractivity contribution in [3.05, 3.63) is 24.0 Å². The summed E-state index contributed by atoms with van der Waals surface area (Å²) in [6.07, 6.45) is 1.84. The molecule has 0 aromatic carbocycles.